The monoisotopic (exact) mass is 260 g/mol. The Labute approximate surface area is 101 Å². The minimum Gasteiger partial charge on any atom is -0.294 e. The van der Waals surface area contributed by atoms with Crippen molar-refractivity contribution in [1.29, 1.82) is 0 Å². The molecule has 2 aromatic heterocycles. The third-order valence-corrected chi connectivity index (χ3v) is 3.41. The summed E-state index contributed by atoms with van der Waals surface area (Å²) < 4.78 is 39.3. The van der Waals surface area contributed by atoms with Crippen molar-refractivity contribution in [3.8, 4) is 0 Å². The van der Waals surface area contributed by atoms with Gasteiger partial charge in [-0.2, -0.15) is 13.2 Å². The summed E-state index contributed by atoms with van der Waals surface area (Å²) in [5.41, 5.74) is 0.437. The highest BCUT2D eigenvalue weighted by atomic mass is 32.2. The Balaban J connectivity index is 2.58. The van der Waals surface area contributed by atoms with Gasteiger partial charge < -0.3 is 0 Å². The van der Waals surface area contributed by atoms with Gasteiger partial charge in [0.25, 0.3) is 0 Å². The molecule has 0 saturated carbocycles. The Bertz CT molecular complexity index is 545. The molecule has 0 aliphatic carbocycles. The molecule has 0 aromatic carbocycles. The second-order valence-electron chi connectivity index (χ2n) is 3.58. The molecular formula is C11H11F3N2S. The van der Waals surface area contributed by atoms with Gasteiger partial charge in [0.15, 0.2) is 0 Å². The minimum atomic E-state index is -4.32. The van der Waals surface area contributed by atoms with Crippen LogP contribution in [0.25, 0.3) is 5.65 Å². The highest BCUT2D eigenvalue weighted by molar-refractivity contribution is 7.99. The summed E-state index contributed by atoms with van der Waals surface area (Å²) in [6, 6.07) is 2.15. The van der Waals surface area contributed by atoms with E-state index >= 15 is 0 Å². The predicted molar refractivity (Wildman–Crippen MR) is 61.3 cm³/mol. The Kier molecular flexibility index (Phi) is 3.07. The van der Waals surface area contributed by atoms with Crippen molar-refractivity contribution < 1.29 is 13.2 Å². The van der Waals surface area contributed by atoms with Gasteiger partial charge in [0, 0.05) is 6.20 Å². The van der Waals surface area contributed by atoms with Crippen molar-refractivity contribution in [3.05, 3.63) is 29.6 Å². The molecule has 2 heterocycles. The van der Waals surface area contributed by atoms with Gasteiger partial charge in [0.1, 0.15) is 10.7 Å². The molecule has 0 spiro atoms. The number of hydrogen-bond acceptors (Lipinski definition) is 2. The number of pyridine rings is 1. The van der Waals surface area contributed by atoms with E-state index in [1.165, 1.54) is 6.20 Å². The fourth-order valence-corrected chi connectivity index (χ4v) is 2.45. The fraction of sp³-hybridized carbons (Fsp3) is 0.364. The van der Waals surface area contributed by atoms with E-state index in [9.17, 15) is 13.2 Å². The van der Waals surface area contributed by atoms with Crippen molar-refractivity contribution in [2.75, 3.05) is 5.75 Å². The number of aryl methyl sites for hydroxylation is 1. The summed E-state index contributed by atoms with van der Waals surface area (Å²) in [6.45, 7) is 3.80. The number of imidazole rings is 1. The number of alkyl halides is 3. The molecule has 0 unspecified atom stereocenters. The molecule has 0 amide bonds. The number of halogens is 3. The zero-order valence-electron chi connectivity index (χ0n) is 9.38. The number of hydrogen-bond donors (Lipinski definition) is 0. The smallest absolute Gasteiger partial charge is 0.294 e. The number of fused-ring (bicyclic) bond motifs is 1. The quantitative estimate of drug-likeness (QED) is 0.765. The van der Waals surface area contributed by atoms with E-state index in [2.05, 4.69) is 4.98 Å². The minimum absolute atomic E-state index is 0.341. The number of nitrogens with zero attached hydrogens (tertiary/aromatic N) is 2. The lowest BCUT2D eigenvalue weighted by Crippen LogP contribution is -2.05. The summed E-state index contributed by atoms with van der Waals surface area (Å²) in [5.74, 6) is 0.857. The van der Waals surface area contributed by atoms with Crippen LogP contribution in [0.1, 0.15) is 18.2 Å². The summed E-state index contributed by atoms with van der Waals surface area (Å²) in [7, 11) is 0. The van der Waals surface area contributed by atoms with E-state index in [0.717, 1.165) is 28.6 Å². The molecule has 0 fully saturated rings. The van der Waals surface area contributed by atoms with Gasteiger partial charge in [-0.05, 0) is 24.8 Å². The molecule has 0 N–H and O–H groups in total. The molecule has 92 valence electrons. The lowest BCUT2D eigenvalue weighted by molar-refractivity contribution is -0.137. The molecular weight excluding hydrogens is 249 g/mol. The first-order valence-electron chi connectivity index (χ1n) is 5.12. The molecule has 17 heavy (non-hydrogen) atoms. The van der Waals surface area contributed by atoms with E-state index in [-0.39, 0.29) is 0 Å². The van der Waals surface area contributed by atoms with Crippen LogP contribution in [0, 0.1) is 6.92 Å². The van der Waals surface area contributed by atoms with Crippen LogP contribution >= 0.6 is 11.8 Å². The van der Waals surface area contributed by atoms with Crippen LogP contribution in [0.2, 0.25) is 0 Å². The molecule has 2 aromatic rings. The van der Waals surface area contributed by atoms with Crippen LogP contribution in [-0.2, 0) is 6.18 Å². The third kappa shape index (κ3) is 2.26. The van der Waals surface area contributed by atoms with Crippen molar-refractivity contribution >= 4 is 17.4 Å². The van der Waals surface area contributed by atoms with Gasteiger partial charge >= 0.3 is 6.18 Å². The number of rotatable bonds is 2. The van der Waals surface area contributed by atoms with Crippen LogP contribution in [0.4, 0.5) is 13.2 Å². The summed E-state index contributed by atoms with van der Waals surface area (Å²) >= 11 is 1.57. The Morgan fingerprint density at radius 2 is 2.12 bits per heavy atom. The maximum absolute atomic E-state index is 12.5. The largest absolute Gasteiger partial charge is 0.416 e. The molecule has 0 aliphatic rings. The zero-order chi connectivity index (χ0) is 12.6. The van der Waals surface area contributed by atoms with Crippen LogP contribution in [0.3, 0.4) is 0 Å². The second kappa shape index (κ2) is 4.25. The number of thioether (sulfide) groups is 1. The average molecular weight is 260 g/mol. The zero-order valence-corrected chi connectivity index (χ0v) is 10.2. The lowest BCUT2D eigenvalue weighted by atomic mass is 10.2. The van der Waals surface area contributed by atoms with E-state index in [1.54, 1.807) is 23.1 Å². The van der Waals surface area contributed by atoms with Crippen LogP contribution in [-0.4, -0.2) is 15.1 Å². The van der Waals surface area contributed by atoms with Crippen molar-refractivity contribution in [2.24, 2.45) is 0 Å². The Morgan fingerprint density at radius 1 is 1.41 bits per heavy atom. The molecule has 2 nitrogen and oxygen atoms in total. The van der Waals surface area contributed by atoms with Crippen LogP contribution < -0.4 is 0 Å². The fourth-order valence-electron chi connectivity index (χ4n) is 1.63. The maximum atomic E-state index is 12.5. The SMILES string of the molecule is CCSc1c(C)nc2cc(C(F)(F)F)ccn12. The van der Waals surface area contributed by atoms with Gasteiger partial charge in [-0.15, -0.1) is 11.8 Å². The normalized spacial score (nSPS) is 12.3. The molecule has 0 aliphatic heterocycles. The summed E-state index contributed by atoms with van der Waals surface area (Å²) in [5, 5.41) is 0.899. The van der Waals surface area contributed by atoms with Crippen molar-refractivity contribution in [3.63, 3.8) is 0 Å². The topological polar surface area (TPSA) is 17.3 Å². The highest BCUT2D eigenvalue weighted by Gasteiger charge is 2.31. The van der Waals surface area contributed by atoms with E-state index in [4.69, 9.17) is 0 Å². The molecule has 0 atom stereocenters. The van der Waals surface area contributed by atoms with Crippen molar-refractivity contribution in [1.82, 2.24) is 9.38 Å². The molecule has 6 heteroatoms. The average Bonchev–Trinajstić information content (AvgIpc) is 2.54. The van der Waals surface area contributed by atoms with E-state index in [0.29, 0.717) is 5.65 Å². The number of aromatic nitrogens is 2. The van der Waals surface area contributed by atoms with E-state index in [1.807, 2.05) is 6.92 Å². The van der Waals surface area contributed by atoms with Gasteiger partial charge in [-0.3, -0.25) is 4.40 Å². The molecule has 0 bridgehead atoms. The third-order valence-electron chi connectivity index (χ3n) is 2.35. The van der Waals surface area contributed by atoms with Gasteiger partial charge in [-0.1, -0.05) is 6.92 Å². The standard InChI is InChI=1S/C11H11F3N2S/c1-3-17-10-7(2)15-9-6-8(11(12,13)14)4-5-16(9)10/h4-6H,3H2,1-2H3. The van der Waals surface area contributed by atoms with Gasteiger partial charge in [0.2, 0.25) is 0 Å². The van der Waals surface area contributed by atoms with Crippen molar-refractivity contribution in [2.45, 2.75) is 25.0 Å². The first-order chi connectivity index (χ1) is 7.93. The lowest BCUT2D eigenvalue weighted by Gasteiger charge is -2.07. The first kappa shape index (κ1) is 12.3. The molecule has 2 rings (SSSR count). The molecule has 0 radical (unpaired) electrons. The highest BCUT2D eigenvalue weighted by Crippen LogP contribution is 2.31. The maximum Gasteiger partial charge on any atom is 0.416 e. The Hall–Kier alpha value is -1.17. The summed E-state index contributed by atoms with van der Waals surface area (Å²) in [4.78, 5) is 4.15. The second-order valence-corrected chi connectivity index (χ2v) is 4.83. The van der Waals surface area contributed by atoms with Gasteiger partial charge in [-0.25, -0.2) is 4.98 Å². The predicted octanol–water partition coefficient (Wildman–Crippen LogP) is 3.77. The summed E-state index contributed by atoms with van der Waals surface area (Å²) in [6.07, 6.45) is -2.89. The van der Waals surface area contributed by atoms with E-state index < -0.39 is 11.7 Å². The Morgan fingerprint density at radius 3 is 2.71 bits per heavy atom. The van der Waals surface area contributed by atoms with Crippen LogP contribution in [0.5, 0.6) is 0 Å². The first-order valence-corrected chi connectivity index (χ1v) is 6.10. The van der Waals surface area contributed by atoms with Gasteiger partial charge in [0.05, 0.1) is 11.3 Å². The molecule has 0 saturated heterocycles. The van der Waals surface area contributed by atoms with Crippen LogP contribution in [0.15, 0.2) is 23.4 Å².